The van der Waals surface area contributed by atoms with E-state index in [1.165, 1.54) is 18.4 Å². The molecule has 0 aliphatic rings. The van der Waals surface area contributed by atoms with Crippen molar-refractivity contribution in [1.29, 1.82) is 0 Å². The average molecular weight is 327 g/mol. The molecule has 0 aliphatic heterocycles. The summed E-state index contributed by atoms with van der Waals surface area (Å²) < 4.78 is 1.59. The molecule has 1 aromatic heterocycles. The topological polar surface area (TPSA) is 102 Å². The second-order valence-corrected chi connectivity index (χ2v) is 5.07. The number of allylic oxidation sites excluding steroid dienone is 1. The number of para-hydroxylation sites is 1. The number of nitrogens with zero attached hydrogens (tertiary/aromatic N) is 4. The van der Waals surface area contributed by atoms with E-state index in [0.717, 1.165) is 11.4 Å². The average Bonchev–Trinajstić information content (AvgIpc) is 2.84. The third kappa shape index (κ3) is 4.60. The Balaban J connectivity index is 1.89. The molecule has 124 valence electrons. The van der Waals surface area contributed by atoms with Crippen molar-refractivity contribution in [1.82, 2.24) is 15.2 Å². The molecule has 0 unspecified atom stereocenters. The van der Waals surface area contributed by atoms with Gasteiger partial charge in [0.1, 0.15) is 6.54 Å². The Hall–Kier alpha value is -3.29. The monoisotopic (exact) mass is 327 g/mol. The molecule has 0 radical (unpaired) electrons. The van der Waals surface area contributed by atoms with Gasteiger partial charge in [0.25, 0.3) is 11.6 Å². The molecule has 0 bridgehead atoms. The fourth-order valence-corrected chi connectivity index (χ4v) is 2.10. The summed E-state index contributed by atoms with van der Waals surface area (Å²) in [5, 5.41) is 18.8. The van der Waals surface area contributed by atoms with Crippen LogP contribution >= 0.6 is 0 Å². The molecule has 0 spiro atoms. The Morgan fingerprint density at radius 2 is 2.17 bits per heavy atom. The Morgan fingerprint density at radius 1 is 1.42 bits per heavy atom. The minimum Gasteiger partial charge on any atom is -0.271 e. The number of nitro groups is 1. The first kappa shape index (κ1) is 17.1. The van der Waals surface area contributed by atoms with Gasteiger partial charge in [0.2, 0.25) is 0 Å². The number of rotatable bonds is 6. The lowest BCUT2D eigenvalue weighted by Crippen LogP contribution is -2.24. The first-order valence-corrected chi connectivity index (χ1v) is 7.20. The molecule has 2 rings (SSSR count). The van der Waals surface area contributed by atoms with E-state index >= 15 is 0 Å². The minimum absolute atomic E-state index is 0.00992. The molecule has 0 fully saturated rings. The maximum absolute atomic E-state index is 11.8. The highest BCUT2D eigenvalue weighted by atomic mass is 16.6. The highest BCUT2D eigenvalue weighted by Crippen LogP contribution is 2.18. The van der Waals surface area contributed by atoms with Crippen LogP contribution in [0, 0.1) is 24.0 Å². The number of nitrogens with one attached hydrogen (secondary N) is 1. The van der Waals surface area contributed by atoms with Gasteiger partial charge in [-0.15, -0.1) is 0 Å². The van der Waals surface area contributed by atoms with Crippen LogP contribution in [0.3, 0.4) is 0 Å². The smallest absolute Gasteiger partial charge is 0.271 e. The SMILES string of the molecule is Cc1cc(C)n(CC(=O)N/N=C\C=C\c2ccccc2[N+](=O)[O-])n1. The zero-order valence-corrected chi connectivity index (χ0v) is 13.3. The van der Waals surface area contributed by atoms with Gasteiger partial charge in [-0.25, -0.2) is 5.43 Å². The number of hydrogen-bond donors (Lipinski definition) is 1. The lowest BCUT2D eigenvalue weighted by molar-refractivity contribution is -0.385. The number of hydrazone groups is 1. The number of hydrogen-bond acceptors (Lipinski definition) is 5. The molecule has 1 amide bonds. The van der Waals surface area contributed by atoms with Crippen LogP contribution < -0.4 is 5.43 Å². The van der Waals surface area contributed by atoms with Crippen LogP contribution in [0.5, 0.6) is 0 Å². The maximum atomic E-state index is 11.8. The standard InChI is InChI=1S/C16H17N5O3/c1-12-10-13(2)20(19-12)11-16(22)18-17-9-5-7-14-6-3-4-8-15(14)21(23)24/h3-10H,11H2,1-2H3,(H,18,22)/b7-5+,17-9-. The second-order valence-electron chi connectivity index (χ2n) is 5.07. The van der Waals surface area contributed by atoms with Gasteiger partial charge >= 0.3 is 0 Å². The number of carbonyl (C=O) groups is 1. The van der Waals surface area contributed by atoms with Crippen molar-refractivity contribution in [2.24, 2.45) is 5.10 Å². The zero-order valence-electron chi connectivity index (χ0n) is 13.3. The number of amides is 1. The summed E-state index contributed by atoms with van der Waals surface area (Å²) in [4.78, 5) is 22.2. The van der Waals surface area contributed by atoms with Crippen molar-refractivity contribution in [3.05, 3.63) is 63.5 Å². The van der Waals surface area contributed by atoms with Crippen LogP contribution in [0.1, 0.15) is 17.0 Å². The van der Waals surface area contributed by atoms with Crippen LogP contribution in [-0.4, -0.2) is 26.8 Å². The third-order valence-electron chi connectivity index (χ3n) is 3.16. The van der Waals surface area contributed by atoms with E-state index in [2.05, 4.69) is 15.6 Å². The summed E-state index contributed by atoms with van der Waals surface area (Å²) in [6.45, 7) is 3.80. The Morgan fingerprint density at radius 3 is 2.83 bits per heavy atom. The van der Waals surface area contributed by atoms with Gasteiger partial charge in [-0.2, -0.15) is 10.2 Å². The third-order valence-corrected chi connectivity index (χ3v) is 3.16. The first-order valence-electron chi connectivity index (χ1n) is 7.20. The van der Waals surface area contributed by atoms with Crippen LogP contribution in [0.4, 0.5) is 5.69 Å². The molecule has 0 atom stereocenters. The van der Waals surface area contributed by atoms with Crippen LogP contribution in [0.25, 0.3) is 6.08 Å². The van der Waals surface area contributed by atoms with E-state index in [9.17, 15) is 14.9 Å². The van der Waals surface area contributed by atoms with Gasteiger partial charge in [0.15, 0.2) is 0 Å². The number of nitro benzene ring substituents is 1. The van der Waals surface area contributed by atoms with Crippen molar-refractivity contribution < 1.29 is 9.72 Å². The van der Waals surface area contributed by atoms with Gasteiger partial charge in [-0.05, 0) is 38.1 Å². The molecule has 8 heteroatoms. The summed E-state index contributed by atoms with van der Waals surface area (Å²) in [5.41, 5.74) is 4.58. The second kappa shape index (κ2) is 7.82. The number of aromatic nitrogens is 2. The van der Waals surface area contributed by atoms with Crippen LogP contribution in [0.15, 0.2) is 41.5 Å². The normalized spacial score (nSPS) is 11.2. The van der Waals surface area contributed by atoms with E-state index in [0.29, 0.717) is 5.56 Å². The number of aryl methyl sites for hydroxylation is 2. The quantitative estimate of drug-likeness (QED) is 0.499. The van der Waals surface area contributed by atoms with Gasteiger partial charge in [0.05, 0.1) is 16.2 Å². The molecule has 1 N–H and O–H groups in total. The lowest BCUT2D eigenvalue weighted by Gasteiger charge is -2.02. The van der Waals surface area contributed by atoms with Crippen molar-refractivity contribution >= 4 is 23.9 Å². The van der Waals surface area contributed by atoms with Crippen molar-refractivity contribution in [3.8, 4) is 0 Å². The number of benzene rings is 1. The molecular formula is C16H17N5O3. The molecule has 1 aromatic carbocycles. The summed E-state index contributed by atoms with van der Waals surface area (Å²) in [6, 6.07) is 8.24. The molecule has 2 aromatic rings. The van der Waals surface area contributed by atoms with E-state index in [1.807, 2.05) is 19.9 Å². The first-order chi connectivity index (χ1) is 11.5. The summed E-state index contributed by atoms with van der Waals surface area (Å²) in [7, 11) is 0. The van der Waals surface area contributed by atoms with E-state index in [4.69, 9.17) is 0 Å². The van der Waals surface area contributed by atoms with Crippen molar-refractivity contribution in [2.75, 3.05) is 0 Å². The molecule has 24 heavy (non-hydrogen) atoms. The fourth-order valence-electron chi connectivity index (χ4n) is 2.10. The molecule has 0 saturated heterocycles. The predicted molar refractivity (Wildman–Crippen MR) is 90.5 cm³/mol. The minimum atomic E-state index is -0.451. The Bertz CT molecular complexity index is 808. The van der Waals surface area contributed by atoms with E-state index in [1.54, 1.807) is 29.0 Å². The zero-order chi connectivity index (χ0) is 17.5. The van der Waals surface area contributed by atoms with Crippen molar-refractivity contribution in [3.63, 3.8) is 0 Å². The van der Waals surface area contributed by atoms with Crippen molar-refractivity contribution in [2.45, 2.75) is 20.4 Å². The van der Waals surface area contributed by atoms with E-state index < -0.39 is 4.92 Å². The number of carbonyl (C=O) groups excluding carboxylic acids is 1. The molecule has 0 aliphatic carbocycles. The lowest BCUT2D eigenvalue weighted by atomic mass is 10.2. The highest BCUT2D eigenvalue weighted by Gasteiger charge is 2.08. The Kier molecular flexibility index (Phi) is 5.56. The molecular weight excluding hydrogens is 310 g/mol. The summed E-state index contributed by atoms with van der Waals surface area (Å²) in [6.07, 6.45) is 4.43. The van der Waals surface area contributed by atoms with Gasteiger partial charge in [-0.1, -0.05) is 12.1 Å². The maximum Gasteiger partial charge on any atom is 0.276 e. The largest absolute Gasteiger partial charge is 0.276 e. The van der Waals surface area contributed by atoms with Gasteiger partial charge in [-0.3, -0.25) is 19.6 Å². The van der Waals surface area contributed by atoms with Crippen LogP contribution in [-0.2, 0) is 11.3 Å². The summed E-state index contributed by atoms with van der Waals surface area (Å²) in [5.74, 6) is -0.309. The molecule has 8 nitrogen and oxygen atoms in total. The molecule has 0 saturated carbocycles. The van der Waals surface area contributed by atoms with Crippen LogP contribution in [0.2, 0.25) is 0 Å². The van der Waals surface area contributed by atoms with Gasteiger partial charge < -0.3 is 0 Å². The van der Waals surface area contributed by atoms with E-state index in [-0.39, 0.29) is 18.1 Å². The van der Waals surface area contributed by atoms with Gasteiger partial charge in [0, 0.05) is 18.0 Å². The fraction of sp³-hybridized carbons (Fsp3) is 0.188. The highest BCUT2D eigenvalue weighted by molar-refractivity contribution is 5.82. The Labute approximate surface area is 138 Å². The summed E-state index contributed by atoms with van der Waals surface area (Å²) >= 11 is 0. The predicted octanol–water partition coefficient (Wildman–Crippen LogP) is 2.22. The molecule has 1 heterocycles.